The summed E-state index contributed by atoms with van der Waals surface area (Å²) in [6, 6.07) is 2.38. The molecule has 1 saturated carbocycles. The number of nitrogens with zero attached hydrogens (tertiary/aromatic N) is 3. The van der Waals surface area contributed by atoms with Crippen molar-refractivity contribution in [3.05, 3.63) is 28.7 Å². The Morgan fingerprint density at radius 2 is 2.26 bits per heavy atom. The van der Waals surface area contributed by atoms with Crippen molar-refractivity contribution in [1.82, 2.24) is 9.88 Å². The second kappa shape index (κ2) is 5.11. The molecule has 4 rings (SSSR count). The number of nitriles is 1. The number of aromatic nitrogens is 1. The zero-order valence-corrected chi connectivity index (χ0v) is 13.3. The Bertz CT molecular complexity index is 754. The lowest BCUT2D eigenvalue weighted by molar-refractivity contribution is 0.172. The summed E-state index contributed by atoms with van der Waals surface area (Å²) in [6.45, 7) is 2.90. The zero-order valence-electron chi connectivity index (χ0n) is 13.3. The fourth-order valence-electron chi connectivity index (χ4n) is 4.02. The molecule has 118 valence electrons. The van der Waals surface area contributed by atoms with Crippen molar-refractivity contribution in [2.24, 2.45) is 5.41 Å². The van der Waals surface area contributed by atoms with Gasteiger partial charge >= 0.3 is 0 Å². The van der Waals surface area contributed by atoms with Crippen LogP contribution in [0, 0.1) is 23.7 Å². The highest BCUT2D eigenvalue weighted by Gasteiger charge is 2.51. The molecule has 2 aliphatic heterocycles. The van der Waals surface area contributed by atoms with Crippen LogP contribution in [-0.2, 0) is 11.3 Å². The maximum absolute atomic E-state index is 11.7. The monoisotopic (exact) mass is 309 g/mol. The molecular formula is C18H19N3O2. The van der Waals surface area contributed by atoms with Crippen LogP contribution in [0.25, 0.3) is 0 Å². The van der Waals surface area contributed by atoms with E-state index in [1.54, 1.807) is 6.20 Å². The van der Waals surface area contributed by atoms with Gasteiger partial charge in [-0.05, 0) is 32.6 Å². The first-order chi connectivity index (χ1) is 11.2. The van der Waals surface area contributed by atoms with Crippen LogP contribution in [0.5, 0.6) is 5.75 Å². The molecule has 23 heavy (non-hydrogen) atoms. The first-order valence-corrected chi connectivity index (χ1v) is 8.22. The summed E-state index contributed by atoms with van der Waals surface area (Å²) in [5.74, 6) is 2.89. The van der Waals surface area contributed by atoms with Crippen molar-refractivity contribution in [2.45, 2.75) is 51.6 Å². The molecule has 1 aliphatic carbocycles. The van der Waals surface area contributed by atoms with Gasteiger partial charge in [-0.25, -0.2) is 4.79 Å². The number of pyridine rings is 1. The van der Waals surface area contributed by atoms with Gasteiger partial charge in [-0.3, -0.25) is 4.98 Å². The van der Waals surface area contributed by atoms with Gasteiger partial charge in [0.1, 0.15) is 35.6 Å². The average Bonchev–Trinajstić information content (AvgIpc) is 3.35. The predicted molar refractivity (Wildman–Crippen MR) is 83.2 cm³/mol. The number of rotatable bonds is 0. The van der Waals surface area contributed by atoms with Gasteiger partial charge in [0.25, 0.3) is 0 Å². The summed E-state index contributed by atoms with van der Waals surface area (Å²) >= 11 is 0. The van der Waals surface area contributed by atoms with Gasteiger partial charge in [0, 0.05) is 23.7 Å². The fraction of sp³-hybridized carbons (Fsp3) is 0.556. The van der Waals surface area contributed by atoms with Gasteiger partial charge in [-0.2, -0.15) is 5.26 Å². The maximum Gasteiger partial charge on any atom is 0.146 e. The summed E-state index contributed by atoms with van der Waals surface area (Å²) in [6.07, 6.45) is 7.14. The van der Waals surface area contributed by atoms with E-state index >= 15 is 0 Å². The summed E-state index contributed by atoms with van der Waals surface area (Å²) in [4.78, 5) is 18.2. The summed E-state index contributed by atoms with van der Waals surface area (Å²) in [7, 11) is 0. The Labute approximate surface area is 135 Å². The van der Waals surface area contributed by atoms with Crippen LogP contribution >= 0.6 is 0 Å². The van der Waals surface area contributed by atoms with Gasteiger partial charge in [0.15, 0.2) is 0 Å². The Morgan fingerprint density at radius 3 is 2.96 bits per heavy atom. The van der Waals surface area contributed by atoms with Gasteiger partial charge in [0.05, 0.1) is 11.7 Å². The molecule has 5 heteroatoms. The SMILES string of the molecule is Cc1ncc2c(c1C#N)OC[C@H]1CCCC3(CC3)C(=C=O)N1C2. The molecule has 5 nitrogen and oxygen atoms in total. The third-order valence-electron chi connectivity index (χ3n) is 5.54. The Hall–Kier alpha value is -2.31. The summed E-state index contributed by atoms with van der Waals surface area (Å²) < 4.78 is 6.01. The molecule has 1 saturated heterocycles. The van der Waals surface area contributed by atoms with Crippen molar-refractivity contribution in [3.63, 3.8) is 0 Å². The molecule has 1 spiro atoms. The summed E-state index contributed by atoms with van der Waals surface area (Å²) in [5, 5.41) is 9.41. The first kappa shape index (κ1) is 14.3. The topological polar surface area (TPSA) is 66.2 Å². The van der Waals surface area contributed by atoms with E-state index in [1.165, 1.54) is 0 Å². The largest absolute Gasteiger partial charge is 0.490 e. The van der Waals surface area contributed by atoms with Crippen LogP contribution in [0.1, 0.15) is 48.9 Å². The minimum atomic E-state index is 0.0528. The van der Waals surface area contributed by atoms with Crippen molar-refractivity contribution in [2.75, 3.05) is 6.61 Å². The molecule has 1 atom stereocenters. The number of fused-ring (bicyclic) bond motifs is 2. The number of hydrogen-bond acceptors (Lipinski definition) is 5. The van der Waals surface area contributed by atoms with E-state index in [0.717, 1.165) is 43.4 Å². The van der Waals surface area contributed by atoms with Gasteiger partial charge < -0.3 is 9.64 Å². The van der Waals surface area contributed by atoms with Gasteiger partial charge in [0.2, 0.25) is 0 Å². The second-order valence-corrected chi connectivity index (χ2v) is 6.90. The molecule has 3 aliphatic rings. The van der Waals surface area contributed by atoms with Crippen LogP contribution in [-0.4, -0.2) is 28.5 Å². The normalized spacial score (nSPS) is 24.4. The highest BCUT2D eigenvalue weighted by molar-refractivity contribution is 5.57. The highest BCUT2D eigenvalue weighted by atomic mass is 16.5. The lowest BCUT2D eigenvalue weighted by atomic mass is 9.97. The number of ether oxygens (including phenoxy) is 1. The zero-order chi connectivity index (χ0) is 16.0. The van der Waals surface area contributed by atoms with Crippen LogP contribution in [0.3, 0.4) is 0 Å². The smallest absolute Gasteiger partial charge is 0.146 e. The number of allylic oxidation sites excluding steroid dienone is 1. The molecule has 3 heterocycles. The van der Waals surface area contributed by atoms with Crippen LogP contribution < -0.4 is 4.74 Å². The molecule has 0 bridgehead atoms. The van der Waals surface area contributed by atoms with Gasteiger partial charge in [-0.15, -0.1) is 0 Å². The van der Waals surface area contributed by atoms with E-state index in [4.69, 9.17) is 4.74 Å². The summed E-state index contributed by atoms with van der Waals surface area (Å²) in [5.41, 5.74) is 2.96. The molecule has 0 amide bonds. The first-order valence-electron chi connectivity index (χ1n) is 8.22. The predicted octanol–water partition coefficient (Wildman–Crippen LogP) is 2.50. The molecule has 0 radical (unpaired) electrons. The molecule has 0 unspecified atom stereocenters. The van der Waals surface area contributed by atoms with E-state index in [0.29, 0.717) is 30.2 Å². The number of aryl methyl sites for hydroxylation is 1. The third kappa shape index (κ3) is 2.14. The van der Waals surface area contributed by atoms with Crippen LogP contribution in [0.2, 0.25) is 0 Å². The molecule has 1 aromatic rings. The standard InChI is InChI=1S/C18H19N3O2/c1-12-15(7-19)17-13(8-20-12)9-21-14(11-23-17)3-2-4-18(5-6-18)16(21)10-22/h8,14H,2-6,9,11H2,1H3/t14-/m1/s1. The van der Waals surface area contributed by atoms with E-state index in [9.17, 15) is 10.1 Å². The van der Waals surface area contributed by atoms with E-state index in [1.807, 2.05) is 6.92 Å². The fourth-order valence-corrected chi connectivity index (χ4v) is 4.02. The average molecular weight is 309 g/mol. The highest BCUT2D eigenvalue weighted by Crippen LogP contribution is 2.58. The lowest BCUT2D eigenvalue weighted by Crippen LogP contribution is -2.37. The number of hydrogen-bond donors (Lipinski definition) is 0. The van der Waals surface area contributed by atoms with Crippen molar-refractivity contribution < 1.29 is 9.53 Å². The van der Waals surface area contributed by atoms with Crippen molar-refractivity contribution in [3.8, 4) is 11.8 Å². The molecule has 0 N–H and O–H groups in total. The molecule has 1 aromatic heterocycles. The van der Waals surface area contributed by atoms with Crippen LogP contribution in [0.15, 0.2) is 11.9 Å². The van der Waals surface area contributed by atoms with E-state index in [2.05, 4.69) is 21.9 Å². The Balaban J connectivity index is 1.79. The molecule has 0 aromatic carbocycles. The molecule has 2 fully saturated rings. The Kier molecular flexibility index (Phi) is 3.18. The van der Waals surface area contributed by atoms with E-state index in [-0.39, 0.29) is 11.5 Å². The Morgan fingerprint density at radius 1 is 1.43 bits per heavy atom. The van der Waals surface area contributed by atoms with Gasteiger partial charge in [-0.1, -0.05) is 6.42 Å². The van der Waals surface area contributed by atoms with E-state index < -0.39 is 0 Å². The van der Waals surface area contributed by atoms with Crippen molar-refractivity contribution in [1.29, 1.82) is 5.26 Å². The second-order valence-electron chi connectivity index (χ2n) is 6.90. The third-order valence-corrected chi connectivity index (χ3v) is 5.54. The van der Waals surface area contributed by atoms with Crippen molar-refractivity contribution >= 4 is 5.94 Å². The van der Waals surface area contributed by atoms with Crippen LogP contribution in [0.4, 0.5) is 0 Å². The minimum Gasteiger partial charge on any atom is -0.490 e. The quantitative estimate of drug-likeness (QED) is 0.689. The lowest BCUT2D eigenvalue weighted by Gasteiger charge is -2.31. The number of carbonyl (C=O) groups excluding carboxylic acids is 1. The molecular weight excluding hydrogens is 290 g/mol. The minimum absolute atomic E-state index is 0.0528. The maximum atomic E-state index is 11.7.